The van der Waals surface area contributed by atoms with Gasteiger partial charge in [0.25, 0.3) is 0 Å². The van der Waals surface area contributed by atoms with Gasteiger partial charge in [-0.05, 0) is 19.8 Å². The van der Waals surface area contributed by atoms with Crippen molar-refractivity contribution < 1.29 is 15.0 Å². The van der Waals surface area contributed by atoms with Gasteiger partial charge in [0, 0.05) is 24.9 Å². The zero-order chi connectivity index (χ0) is 13.6. The number of carboxylic acids is 1. The number of aromatic nitrogens is 2. The average Bonchev–Trinajstić information content (AvgIpc) is 2.37. The molecule has 6 nitrogen and oxygen atoms in total. The number of rotatable bonds is 7. The monoisotopic (exact) mass is 253 g/mol. The first-order chi connectivity index (χ1) is 8.52. The number of aromatic carboxylic acids is 1. The lowest BCUT2D eigenvalue weighted by atomic mass is 9.94. The lowest BCUT2D eigenvalue weighted by Gasteiger charge is -2.29. The molecular formula is C12H19N3O3. The Morgan fingerprint density at radius 2 is 2.28 bits per heavy atom. The fourth-order valence-electron chi connectivity index (χ4n) is 1.61. The summed E-state index contributed by atoms with van der Waals surface area (Å²) in [6.07, 6.45) is 4.07. The summed E-state index contributed by atoms with van der Waals surface area (Å²) in [6.45, 7) is 4.44. The lowest BCUT2D eigenvalue weighted by molar-refractivity contribution is 0.0694. The van der Waals surface area contributed by atoms with Crippen molar-refractivity contribution in [2.24, 2.45) is 0 Å². The Morgan fingerprint density at radius 3 is 2.83 bits per heavy atom. The predicted molar refractivity (Wildman–Crippen MR) is 66.2 cm³/mol. The van der Waals surface area contributed by atoms with Gasteiger partial charge in [-0.25, -0.2) is 14.8 Å². The molecule has 100 valence electrons. The SMILES string of the molecule is CCC(C)(CCO)NCc1ncncc1C(=O)O. The van der Waals surface area contributed by atoms with Crippen molar-refractivity contribution in [2.45, 2.75) is 38.8 Å². The molecule has 0 radical (unpaired) electrons. The first kappa shape index (κ1) is 14.5. The van der Waals surface area contributed by atoms with Gasteiger partial charge in [0.2, 0.25) is 0 Å². The molecule has 0 aliphatic rings. The minimum Gasteiger partial charge on any atom is -0.478 e. The first-order valence-corrected chi connectivity index (χ1v) is 5.90. The Labute approximate surface area is 106 Å². The fraction of sp³-hybridized carbons (Fsp3) is 0.583. The molecule has 1 aromatic rings. The van der Waals surface area contributed by atoms with Crippen LogP contribution in [0.3, 0.4) is 0 Å². The van der Waals surface area contributed by atoms with E-state index in [0.717, 1.165) is 6.42 Å². The van der Waals surface area contributed by atoms with Gasteiger partial charge in [-0.1, -0.05) is 6.92 Å². The molecule has 6 heteroatoms. The molecule has 0 aromatic carbocycles. The molecule has 1 unspecified atom stereocenters. The molecule has 18 heavy (non-hydrogen) atoms. The molecule has 0 fully saturated rings. The Hall–Kier alpha value is -1.53. The van der Waals surface area contributed by atoms with E-state index in [4.69, 9.17) is 10.2 Å². The van der Waals surface area contributed by atoms with Crippen molar-refractivity contribution in [3.05, 3.63) is 23.8 Å². The van der Waals surface area contributed by atoms with E-state index < -0.39 is 5.97 Å². The Morgan fingerprint density at radius 1 is 1.56 bits per heavy atom. The van der Waals surface area contributed by atoms with Gasteiger partial charge < -0.3 is 15.5 Å². The van der Waals surface area contributed by atoms with Crippen LogP contribution in [-0.2, 0) is 6.54 Å². The summed E-state index contributed by atoms with van der Waals surface area (Å²) in [5.74, 6) is -1.03. The smallest absolute Gasteiger partial charge is 0.339 e. The molecule has 1 aromatic heterocycles. The molecule has 1 heterocycles. The average molecular weight is 253 g/mol. The molecule has 0 aliphatic heterocycles. The van der Waals surface area contributed by atoms with Crippen LogP contribution < -0.4 is 5.32 Å². The van der Waals surface area contributed by atoms with E-state index in [2.05, 4.69) is 15.3 Å². The van der Waals surface area contributed by atoms with E-state index in [9.17, 15) is 4.79 Å². The van der Waals surface area contributed by atoms with Crippen LogP contribution in [0.4, 0.5) is 0 Å². The summed E-state index contributed by atoms with van der Waals surface area (Å²) in [5.41, 5.74) is 0.331. The molecule has 1 atom stereocenters. The molecule has 0 aliphatic carbocycles. The zero-order valence-corrected chi connectivity index (χ0v) is 10.7. The highest BCUT2D eigenvalue weighted by atomic mass is 16.4. The summed E-state index contributed by atoms with van der Waals surface area (Å²) in [5, 5.41) is 21.3. The number of carbonyl (C=O) groups is 1. The van der Waals surface area contributed by atoms with Gasteiger partial charge >= 0.3 is 5.97 Å². The van der Waals surface area contributed by atoms with E-state index in [1.54, 1.807) is 0 Å². The van der Waals surface area contributed by atoms with E-state index in [1.807, 2.05) is 13.8 Å². The van der Waals surface area contributed by atoms with Crippen LogP contribution >= 0.6 is 0 Å². The maximum Gasteiger partial charge on any atom is 0.339 e. The molecule has 0 bridgehead atoms. The second kappa shape index (κ2) is 6.42. The third kappa shape index (κ3) is 3.75. The molecule has 0 spiro atoms. The fourth-order valence-corrected chi connectivity index (χ4v) is 1.61. The van der Waals surface area contributed by atoms with Crippen molar-refractivity contribution in [3.8, 4) is 0 Å². The van der Waals surface area contributed by atoms with Crippen molar-refractivity contribution in [2.75, 3.05) is 6.61 Å². The highest BCUT2D eigenvalue weighted by Crippen LogP contribution is 2.15. The van der Waals surface area contributed by atoms with E-state index in [1.165, 1.54) is 12.5 Å². The molecular weight excluding hydrogens is 234 g/mol. The van der Waals surface area contributed by atoms with Crippen LogP contribution in [-0.4, -0.2) is 38.3 Å². The summed E-state index contributed by atoms with van der Waals surface area (Å²) < 4.78 is 0. The summed E-state index contributed by atoms with van der Waals surface area (Å²) >= 11 is 0. The normalized spacial score (nSPS) is 14.2. The highest BCUT2D eigenvalue weighted by Gasteiger charge is 2.21. The third-order valence-electron chi connectivity index (χ3n) is 3.15. The molecule has 0 amide bonds. The van der Waals surface area contributed by atoms with Crippen LogP contribution in [0.5, 0.6) is 0 Å². The topological polar surface area (TPSA) is 95.3 Å². The summed E-state index contributed by atoms with van der Waals surface area (Å²) in [4.78, 5) is 18.7. The number of hydrogen-bond acceptors (Lipinski definition) is 5. The van der Waals surface area contributed by atoms with Crippen molar-refractivity contribution in [1.82, 2.24) is 15.3 Å². The van der Waals surface area contributed by atoms with Crippen molar-refractivity contribution in [1.29, 1.82) is 0 Å². The molecule has 0 saturated heterocycles. The quantitative estimate of drug-likeness (QED) is 0.665. The number of hydrogen-bond donors (Lipinski definition) is 3. The largest absolute Gasteiger partial charge is 0.478 e. The van der Waals surface area contributed by atoms with E-state index in [0.29, 0.717) is 18.7 Å². The number of nitrogens with zero attached hydrogens (tertiary/aromatic N) is 2. The maximum atomic E-state index is 11.0. The minimum absolute atomic E-state index is 0.0902. The summed E-state index contributed by atoms with van der Waals surface area (Å²) in [7, 11) is 0. The van der Waals surface area contributed by atoms with Gasteiger partial charge in [0.15, 0.2) is 0 Å². The Bertz CT molecular complexity index is 411. The van der Waals surface area contributed by atoms with Crippen LogP contribution in [0.25, 0.3) is 0 Å². The standard InChI is InChI=1S/C12H19N3O3/c1-3-12(2,4-5-16)15-7-10-9(11(17)18)6-13-8-14-10/h6,8,15-16H,3-5,7H2,1-2H3,(H,17,18). The van der Waals surface area contributed by atoms with Gasteiger partial charge in [-0.15, -0.1) is 0 Å². The van der Waals surface area contributed by atoms with Gasteiger partial charge in [-0.3, -0.25) is 0 Å². The number of carboxylic acid groups (broad SMARTS) is 1. The molecule has 1 rings (SSSR count). The molecule has 0 saturated carbocycles. The van der Waals surface area contributed by atoms with Gasteiger partial charge in [0.05, 0.1) is 5.69 Å². The number of nitrogens with one attached hydrogen (secondary N) is 1. The molecule has 3 N–H and O–H groups in total. The van der Waals surface area contributed by atoms with Crippen molar-refractivity contribution in [3.63, 3.8) is 0 Å². The predicted octanol–water partition coefficient (Wildman–Crippen LogP) is 0.815. The minimum atomic E-state index is -1.03. The number of aliphatic hydroxyl groups excluding tert-OH is 1. The summed E-state index contributed by atoms with van der Waals surface area (Å²) in [6, 6.07) is 0. The van der Waals surface area contributed by atoms with Crippen LogP contribution in [0.1, 0.15) is 42.7 Å². The Balaban J connectivity index is 2.76. The first-order valence-electron chi connectivity index (χ1n) is 5.90. The zero-order valence-electron chi connectivity index (χ0n) is 10.7. The lowest BCUT2D eigenvalue weighted by Crippen LogP contribution is -2.42. The second-order valence-electron chi connectivity index (χ2n) is 4.43. The Kier molecular flexibility index (Phi) is 5.18. The van der Waals surface area contributed by atoms with Crippen LogP contribution in [0.15, 0.2) is 12.5 Å². The van der Waals surface area contributed by atoms with Gasteiger partial charge in [-0.2, -0.15) is 0 Å². The van der Waals surface area contributed by atoms with Crippen molar-refractivity contribution >= 4 is 5.97 Å². The van der Waals surface area contributed by atoms with Gasteiger partial charge in [0.1, 0.15) is 11.9 Å². The second-order valence-corrected chi connectivity index (χ2v) is 4.43. The number of aliphatic hydroxyl groups is 1. The third-order valence-corrected chi connectivity index (χ3v) is 3.15. The van der Waals surface area contributed by atoms with Crippen LogP contribution in [0.2, 0.25) is 0 Å². The highest BCUT2D eigenvalue weighted by molar-refractivity contribution is 5.88. The van der Waals surface area contributed by atoms with E-state index in [-0.39, 0.29) is 17.7 Å². The van der Waals surface area contributed by atoms with Crippen LogP contribution in [0, 0.1) is 0 Å². The maximum absolute atomic E-state index is 11.0. The van der Waals surface area contributed by atoms with E-state index >= 15 is 0 Å².